The van der Waals surface area contributed by atoms with Crippen LogP contribution in [0.25, 0.3) is 0 Å². The molecule has 154 valence electrons. The third kappa shape index (κ3) is 6.05. The molecule has 0 unspecified atom stereocenters. The van der Waals surface area contributed by atoms with E-state index in [0.717, 1.165) is 0 Å². The maximum Gasteiger partial charge on any atom is 0.325 e. The molecule has 1 N–H and O–H groups in total. The highest BCUT2D eigenvalue weighted by Gasteiger charge is 2.36. The highest BCUT2D eigenvalue weighted by atomic mass is 32.2. The smallest absolute Gasteiger partial charge is 0.325 e. The van der Waals surface area contributed by atoms with Crippen LogP contribution in [0.4, 0.5) is 0 Å². The van der Waals surface area contributed by atoms with Crippen molar-refractivity contribution >= 4 is 27.6 Å². The van der Waals surface area contributed by atoms with Crippen molar-refractivity contribution in [2.75, 3.05) is 24.7 Å². The minimum absolute atomic E-state index is 0.0587. The van der Waals surface area contributed by atoms with Gasteiger partial charge in [-0.05, 0) is 31.9 Å². The normalized spacial score (nSPS) is 18.9. The summed E-state index contributed by atoms with van der Waals surface area (Å²) in [5.41, 5.74) is 0.414. The Morgan fingerprint density at radius 3 is 2.50 bits per heavy atom. The highest BCUT2D eigenvalue weighted by Crippen LogP contribution is 2.21. The van der Waals surface area contributed by atoms with Gasteiger partial charge in [0.2, 0.25) is 0 Å². The van der Waals surface area contributed by atoms with E-state index >= 15 is 0 Å². The van der Waals surface area contributed by atoms with E-state index in [9.17, 15) is 22.8 Å². The quantitative estimate of drug-likeness (QED) is 0.634. The summed E-state index contributed by atoms with van der Waals surface area (Å²) in [5, 5.41) is 2.43. The zero-order chi connectivity index (χ0) is 20.7. The number of sulfone groups is 1. The number of benzene rings is 1. The summed E-state index contributed by atoms with van der Waals surface area (Å²) in [7, 11) is -3.14. The summed E-state index contributed by atoms with van der Waals surface area (Å²) < 4.78 is 28.5. The van der Waals surface area contributed by atoms with Crippen LogP contribution in [0.2, 0.25) is 0 Å². The fourth-order valence-corrected chi connectivity index (χ4v) is 4.82. The molecule has 1 aromatic carbocycles. The minimum atomic E-state index is -3.14. The number of nitrogens with one attached hydrogen (secondary N) is 1. The van der Waals surface area contributed by atoms with Crippen LogP contribution in [0.5, 0.6) is 0 Å². The van der Waals surface area contributed by atoms with Crippen LogP contribution in [0.15, 0.2) is 30.3 Å². The lowest BCUT2D eigenvalue weighted by atomic mass is 10.1. The largest absolute Gasteiger partial charge is 0.454 e. The standard InChI is InChI=1S/C19H26N2O6S/c1-3-14(2)21(16-9-10-28(25,26)13-16)17(22)12-27-18(23)11-20-19(24)15-7-5-4-6-8-15/h4-8,14,16H,3,9-13H2,1-2H3,(H,20,24)/t14-,16+/m1/s1. The Balaban J connectivity index is 1.86. The number of esters is 1. The molecule has 1 aromatic rings. The summed E-state index contributed by atoms with van der Waals surface area (Å²) in [5.74, 6) is -1.59. The van der Waals surface area contributed by atoms with E-state index < -0.39 is 40.3 Å². The average Bonchev–Trinajstić information content (AvgIpc) is 3.04. The molecular weight excluding hydrogens is 384 g/mol. The van der Waals surface area contributed by atoms with Gasteiger partial charge in [-0.3, -0.25) is 14.4 Å². The number of hydrogen-bond donors (Lipinski definition) is 1. The van der Waals surface area contributed by atoms with Crippen LogP contribution < -0.4 is 5.32 Å². The summed E-state index contributed by atoms with van der Waals surface area (Å²) in [4.78, 5) is 37.9. The molecule has 1 aliphatic heterocycles. The molecule has 1 heterocycles. The molecule has 0 aromatic heterocycles. The van der Waals surface area contributed by atoms with E-state index in [2.05, 4.69) is 5.32 Å². The number of ether oxygens (including phenoxy) is 1. The number of carbonyl (C=O) groups excluding carboxylic acids is 3. The number of hydrogen-bond acceptors (Lipinski definition) is 6. The van der Waals surface area contributed by atoms with Crippen LogP contribution in [-0.4, -0.2) is 67.8 Å². The minimum Gasteiger partial charge on any atom is -0.454 e. The summed E-state index contributed by atoms with van der Waals surface area (Å²) in [6, 6.07) is 7.85. The van der Waals surface area contributed by atoms with Gasteiger partial charge in [0.1, 0.15) is 6.54 Å². The number of rotatable bonds is 8. The van der Waals surface area contributed by atoms with Crippen LogP contribution in [0, 0.1) is 0 Å². The van der Waals surface area contributed by atoms with E-state index in [1.807, 2.05) is 13.8 Å². The highest BCUT2D eigenvalue weighted by molar-refractivity contribution is 7.91. The molecule has 9 heteroatoms. The van der Waals surface area contributed by atoms with E-state index in [0.29, 0.717) is 18.4 Å². The zero-order valence-electron chi connectivity index (χ0n) is 16.1. The molecule has 8 nitrogen and oxygen atoms in total. The van der Waals surface area contributed by atoms with Gasteiger partial charge in [-0.15, -0.1) is 0 Å². The number of nitrogens with zero attached hydrogens (tertiary/aromatic N) is 1. The van der Waals surface area contributed by atoms with Crippen molar-refractivity contribution in [2.24, 2.45) is 0 Å². The monoisotopic (exact) mass is 410 g/mol. The molecule has 28 heavy (non-hydrogen) atoms. The van der Waals surface area contributed by atoms with Crippen molar-refractivity contribution in [3.63, 3.8) is 0 Å². The molecule has 0 saturated carbocycles. The van der Waals surface area contributed by atoms with Crippen molar-refractivity contribution < 1.29 is 27.5 Å². The van der Waals surface area contributed by atoms with Crippen LogP contribution in [0.3, 0.4) is 0 Å². The molecule has 1 saturated heterocycles. The lowest BCUT2D eigenvalue weighted by molar-refractivity contribution is -0.153. The van der Waals surface area contributed by atoms with Gasteiger partial charge in [-0.2, -0.15) is 0 Å². The molecule has 0 bridgehead atoms. The van der Waals surface area contributed by atoms with Crippen LogP contribution in [0.1, 0.15) is 37.0 Å². The fourth-order valence-electron chi connectivity index (χ4n) is 3.11. The second-order valence-corrected chi connectivity index (χ2v) is 9.05. The first kappa shape index (κ1) is 21.9. The van der Waals surface area contributed by atoms with Gasteiger partial charge in [-0.25, -0.2) is 8.42 Å². The SMILES string of the molecule is CC[C@@H](C)N(C(=O)COC(=O)CNC(=O)c1ccccc1)[C@H]1CCS(=O)(=O)C1. The van der Waals surface area contributed by atoms with Gasteiger partial charge in [-0.1, -0.05) is 25.1 Å². The van der Waals surface area contributed by atoms with E-state index in [4.69, 9.17) is 4.74 Å². The van der Waals surface area contributed by atoms with Gasteiger partial charge < -0.3 is 15.0 Å². The number of carbonyl (C=O) groups is 3. The number of amides is 2. The third-order valence-electron chi connectivity index (χ3n) is 4.74. The van der Waals surface area contributed by atoms with E-state index in [1.54, 1.807) is 30.3 Å². The topological polar surface area (TPSA) is 110 Å². The molecule has 2 rings (SSSR count). The second kappa shape index (κ2) is 9.68. The van der Waals surface area contributed by atoms with Crippen LogP contribution >= 0.6 is 0 Å². The molecule has 2 amide bonds. The third-order valence-corrected chi connectivity index (χ3v) is 6.49. The first-order valence-electron chi connectivity index (χ1n) is 9.24. The van der Waals surface area contributed by atoms with Crippen molar-refractivity contribution in [1.82, 2.24) is 10.2 Å². The summed E-state index contributed by atoms with van der Waals surface area (Å²) in [6.45, 7) is 2.90. The fraction of sp³-hybridized carbons (Fsp3) is 0.526. The lowest BCUT2D eigenvalue weighted by Crippen LogP contribution is -2.48. The Labute approximate surface area is 165 Å². The summed E-state index contributed by atoms with van der Waals surface area (Å²) >= 11 is 0. The summed E-state index contributed by atoms with van der Waals surface area (Å²) in [6.07, 6.45) is 1.04. The Kier molecular flexibility index (Phi) is 7.56. The van der Waals surface area contributed by atoms with Gasteiger partial charge in [0.05, 0.1) is 11.5 Å². The predicted molar refractivity (Wildman–Crippen MR) is 103 cm³/mol. The van der Waals surface area contributed by atoms with Crippen LogP contribution in [-0.2, 0) is 24.2 Å². The first-order chi connectivity index (χ1) is 13.2. The van der Waals surface area contributed by atoms with Crippen molar-refractivity contribution in [3.05, 3.63) is 35.9 Å². The van der Waals surface area contributed by atoms with E-state index in [-0.39, 0.29) is 24.1 Å². The van der Waals surface area contributed by atoms with Gasteiger partial charge in [0.25, 0.3) is 11.8 Å². The molecule has 1 fully saturated rings. The Morgan fingerprint density at radius 1 is 1.25 bits per heavy atom. The van der Waals surface area contributed by atoms with Crippen molar-refractivity contribution in [2.45, 2.75) is 38.8 Å². The van der Waals surface area contributed by atoms with Gasteiger partial charge >= 0.3 is 5.97 Å². The second-order valence-electron chi connectivity index (χ2n) is 6.82. The average molecular weight is 410 g/mol. The maximum absolute atomic E-state index is 12.6. The zero-order valence-corrected chi connectivity index (χ0v) is 16.9. The van der Waals surface area contributed by atoms with Crippen molar-refractivity contribution in [3.8, 4) is 0 Å². The first-order valence-corrected chi connectivity index (χ1v) is 11.1. The predicted octanol–water partition coefficient (Wildman–Crippen LogP) is 0.774. The molecule has 2 atom stereocenters. The molecule has 0 radical (unpaired) electrons. The van der Waals surface area contributed by atoms with Gasteiger partial charge in [0, 0.05) is 17.6 Å². The molecule has 1 aliphatic rings. The Morgan fingerprint density at radius 2 is 1.93 bits per heavy atom. The molecular formula is C19H26N2O6S. The molecule has 0 spiro atoms. The van der Waals surface area contributed by atoms with Crippen molar-refractivity contribution in [1.29, 1.82) is 0 Å². The van der Waals surface area contributed by atoms with Gasteiger partial charge in [0.15, 0.2) is 16.4 Å². The maximum atomic E-state index is 12.6. The Hall–Kier alpha value is -2.42. The van der Waals surface area contributed by atoms with E-state index in [1.165, 1.54) is 4.90 Å². The lowest BCUT2D eigenvalue weighted by Gasteiger charge is -2.33. The molecule has 0 aliphatic carbocycles. The Bertz CT molecular complexity index is 809.